The van der Waals surface area contributed by atoms with Crippen LogP contribution in [-0.2, 0) is 23.8 Å². The minimum absolute atomic E-state index is 0.264. The molecular weight excluding hydrogens is 432 g/mol. The van der Waals surface area contributed by atoms with Crippen LogP contribution in [0.2, 0.25) is 0 Å². The summed E-state index contributed by atoms with van der Waals surface area (Å²) < 4.78 is 29.9. The van der Waals surface area contributed by atoms with E-state index in [1.165, 1.54) is 35.2 Å². The third-order valence-electron chi connectivity index (χ3n) is 5.07. The molecule has 0 saturated carbocycles. The van der Waals surface area contributed by atoms with Crippen LogP contribution in [0.4, 0.5) is 14.6 Å². The number of halogens is 2. The van der Waals surface area contributed by atoms with Gasteiger partial charge in [-0.3, -0.25) is 24.2 Å². The van der Waals surface area contributed by atoms with E-state index in [9.17, 15) is 18.4 Å². The molecule has 9 nitrogen and oxygen atoms in total. The van der Waals surface area contributed by atoms with E-state index >= 15 is 0 Å². The topological polar surface area (TPSA) is 118 Å². The number of carbonyl (C=O) groups excluding carboxylic acids is 1. The Hall–Kier alpha value is -4.15. The standard InChI is InChI=1S/C22H21F2N7O2/c1-14-9-27-20(28-13-22(23,24)18-4-2-3-7-25-18)21(33)31(14)12-19(32)26-10-15-5-6-17-16(8-15)11-29-30-17/h2-9,11H,10,12-13H2,1H3,(H,26,32)(H,27,28)(H,29,30). The van der Waals surface area contributed by atoms with Gasteiger partial charge in [-0.25, -0.2) is 4.98 Å². The maximum Gasteiger partial charge on any atom is 0.306 e. The molecule has 11 heteroatoms. The van der Waals surface area contributed by atoms with Crippen LogP contribution in [0.3, 0.4) is 0 Å². The molecule has 4 rings (SSSR count). The number of H-pyrrole nitrogens is 1. The van der Waals surface area contributed by atoms with Crippen molar-refractivity contribution in [3.63, 3.8) is 0 Å². The Morgan fingerprint density at radius 2 is 2.03 bits per heavy atom. The Morgan fingerprint density at radius 1 is 1.18 bits per heavy atom. The van der Waals surface area contributed by atoms with Crippen LogP contribution in [0.1, 0.15) is 17.0 Å². The van der Waals surface area contributed by atoms with Crippen molar-refractivity contribution in [1.29, 1.82) is 0 Å². The van der Waals surface area contributed by atoms with Gasteiger partial charge < -0.3 is 10.6 Å². The number of aromatic nitrogens is 5. The molecule has 0 bridgehead atoms. The van der Waals surface area contributed by atoms with E-state index in [-0.39, 0.29) is 18.9 Å². The number of benzene rings is 1. The molecule has 0 radical (unpaired) electrons. The Labute approximate surface area is 186 Å². The van der Waals surface area contributed by atoms with Crippen molar-refractivity contribution >= 4 is 22.6 Å². The molecule has 0 fully saturated rings. The highest BCUT2D eigenvalue weighted by Crippen LogP contribution is 2.25. The number of hydrogen-bond donors (Lipinski definition) is 3. The van der Waals surface area contributed by atoms with Gasteiger partial charge >= 0.3 is 5.92 Å². The lowest BCUT2D eigenvalue weighted by atomic mass is 10.1. The fourth-order valence-electron chi connectivity index (χ4n) is 3.26. The van der Waals surface area contributed by atoms with Crippen molar-refractivity contribution in [2.75, 3.05) is 11.9 Å². The van der Waals surface area contributed by atoms with E-state index in [1.807, 2.05) is 18.2 Å². The predicted octanol–water partition coefficient (Wildman–Crippen LogP) is 2.34. The second kappa shape index (κ2) is 9.15. The largest absolute Gasteiger partial charge is 0.359 e. The van der Waals surface area contributed by atoms with Gasteiger partial charge in [-0.05, 0) is 36.8 Å². The number of carbonyl (C=O) groups is 1. The number of alkyl halides is 2. The number of amides is 1. The molecule has 33 heavy (non-hydrogen) atoms. The molecular formula is C22H21F2N7O2. The molecule has 0 spiro atoms. The first-order valence-electron chi connectivity index (χ1n) is 10.1. The van der Waals surface area contributed by atoms with Crippen LogP contribution in [0, 0.1) is 6.92 Å². The van der Waals surface area contributed by atoms with E-state index in [0.29, 0.717) is 5.69 Å². The van der Waals surface area contributed by atoms with E-state index in [2.05, 4.69) is 30.8 Å². The number of pyridine rings is 1. The van der Waals surface area contributed by atoms with E-state index in [0.717, 1.165) is 16.5 Å². The van der Waals surface area contributed by atoms with Crippen molar-refractivity contribution in [1.82, 2.24) is 30.0 Å². The number of anilines is 1. The second-order valence-corrected chi connectivity index (χ2v) is 7.48. The average molecular weight is 453 g/mol. The van der Waals surface area contributed by atoms with Crippen LogP contribution < -0.4 is 16.2 Å². The quantitative estimate of drug-likeness (QED) is 0.377. The maximum absolute atomic E-state index is 14.4. The number of aryl methyl sites for hydroxylation is 1. The first-order chi connectivity index (χ1) is 15.8. The number of aromatic amines is 1. The van der Waals surface area contributed by atoms with E-state index in [1.54, 1.807) is 13.1 Å². The summed E-state index contributed by atoms with van der Waals surface area (Å²) in [6.07, 6.45) is 4.31. The van der Waals surface area contributed by atoms with Crippen molar-refractivity contribution < 1.29 is 13.6 Å². The molecule has 1 amide bonds. The van der Waals surface area contributed by atoms with Gasteiger partial charge in [0.1, 0.15) is 12.2 Å². The first kappa shape index (κ1) is 22.1. The van der Waals surface area contributed by atoms with Gasteiger partial charge in [-0.2, -0.15) is 13.9 Å². The lowest BCUT2D eigenvalue weighted by Crippen LogP contribution is -2.36. The maximum atomic E-state index is 14.4. The summed E-state index contributed by atoms with van der Waals surface area (Å²) in [5, 5.41) is 12.9. The fraction of sp³-hybridized carbons (Fsp3) is 0.227. The van der Waals surface area contributed by atoms with Gasteiger partial charge in [0.25, 0.3) is 5.56 Å². The molecule has 0 aliphatic rings. The van der Waals surface area contributed by atoms with Gasteiger partial charge in [0, 0.05) is 30.0 Å². The normalized spacial score (nSPS) is 11.5. The van der Waals surface area contributed by atoms with E-state index < -0.39 is 29.6 Å². The zero-order chi connectivity index (χ0) is 23.4. The van der Waals surface area contributed by atoms with Crippen LogP contribution in [0.5, 0.6) is 0 Å². The Balaban J connectivity index is 1.41. The summed E-state index contributed by atoms with van der Waals surface area (Å²) in [6, 6.07) is 9.81. The molecule has 4 aromatic rings. The molecule has 0 unspecified atom stereocenters. The number of rotatable bonds is 8. The molecule has 3 aromatic heterocycles. The molecule has 0 saturated heterocycles. The summed E-state index contributed by atoms with van der Waals surface area (Å²) in [5.74, 6) is -3.98. The van der Waals surface area contributed by atoms with Crippen molar-refractivity contribution in [3.8, 4) is 0 Å². The smallest absolute Gasteiger partial charge is 0.306 e. The lowest BCUT2D eigenvalue weighted by Gasteiger charge is -2.17. The number of fused-ring (bicyclic) bond motifs is 1. The van der Waals surface area contributed by atoms with Gasteiger partial charge in [0.05, 0.1) is 18.3 Å². The van der Waals surface area contributed by atoms with Crippen molar-refractivity contribution in [2.45, 2.75) is 25.9 Å². The monoisotopic (exact) mass is 453 g/mol. The molecule has 1 aromatic carbocycles. The molecule has 0 aliphatic carbocycles. The van der Waals surface area contributed by atoms with Crippen molar-refractivity contribution in [3.05, 3.63) is 82.3 Å². The molecule has 0 aliphatic heterocycles. The minimum atomic E-state index is -3.31. The number of nitrogens with one attached hydrogen (secondary N) is 3. The van der Waals surface area contributed by atoms with Crippen LogP contribution >= 0.6 is 0 Å². The zero-order valence-corrected chi connectivity index (χ0v) is 17.7. The highest BCUT2D eigenvalue weighted by molar-refractivity contribution is 5.79. The molecule has 170 valence electrons. The Morgan fingerprint density at radius 3 is 2.82 bits per heavy atom. The van der Waals surface area contributed by atoms with Gasteiger partial charge in [-0.1, -0.05) is 12.1 Å². The van der Waals surface area contributed by atoms with Crippen LogP contribution in [0.15, 0.2) is 59.8 Å². The number of nitrogens with zero attached hydrogens (tertiary/aromatic N) is 4. The summed E-state index contributed by atoms with van der Waals surface area (Å²) in [7, 11) is 0. The second-order valence-electron chi connectivity index (χ2n) is 7.48. The summed E-state index contributed by atoms with van der Waals surface area (Å²) >= 11 is 0. The van der Waals surface area contributed by atoms with Gasteiger partial charge in [-0.15, -0.1) is 0 Å². The van der Waals surface area contributed by atoms with Gasteiger partial charge in [0.2, 0.25) is 5.91 Å². The highest BCUT2D eigenvalue weighted by atomic mass is 19.3. The molecule has 3 N–H and O–H groups in total. The first-order valence-corrected chi connectivity index (χ1v) is 10.1. The predicted molar refractivity (Wildman–Crippen MR) is 118 cm³/mol. The Bertz CT molecular complexity index is 1340. The summed E-state index contributed by atoms with van der Waals surface area (Å²) in [4.78, 5) is 32.8. The fourth-order valence-corrected chi connectivity index (χ4v) is 3.26. The van der Waals surface area contributed by atoms with Gasteiger partial charge in [0.15, 0.2) is 5.82 Å². The van der Waals surface area contributed by atoms with Crippen LogP contribution in [-0.4, -0.2) is 37.2 Å². The number of hydrogen-bond acceptors (Lipinski definition) is 6. The Kier molecular flexibility index (Phi) is 6.11. The zero-order valence-electron chi connectivity index (χ0n) is 17.7. The third kappa shape index (κ3) is 5.03. The molecule has 0 atom stereocenters. The lowest BCUT2D eigenvalue weighted by molar-refractivity contribution is -0.121. The van der Waals surface area contributed by atoms with Crippen molar-refractivity contribution in [2.24, 2.45) is 0 Å². The minimum Gasteiger partial charge on any atom is -0.359 e. The van der Waals surface area contributed by atoms with Crippen LogP contribution in [0.25, 0.3) is 10.9 Å². The SMILES string of the molecule is Cc1cnc(NCC(F)(F)c2ccccn2)c(=O)n1CC(=O)NCc1ccc2[nH]ncc2c1. The highest BCUT2D eigenvalue weighted by Gasteiger charge is 2.33. The van der Waals surface area contributed by atoms with E-state index in [4.69, 9.17) is 0 Å². The third-order valence-corrected chi connectivity index (χ3v) is 5.07. The average Bonchev–Trinajstić information content (AvgIpc) is 3.28. The molecule has 3 heterocycles. The summed E-state index contributed by atoms with van der Waals surface area (Å²) in [6.45, 7) is 0.742. The summed E-state index contributed by atoms with van der Waals surface area (Å²) in [5.41, 5.74) is 1.10.